The minimum atomic E-state index is -0.167. The third-order valence-electron chi connectivity index (χ3n) is 4.96. The highest BCUT2D eigenvalue weighted by molar-refractivity contribution is 7.20. The molecule has 0 bridgehead atoms. The van der Waals surface area contributed by atoms with E-state index < -0.39 is 0 Å². The molecule has 2 fully saturated rings. The zero-order chi connectivity index (χ0) is 14.4. The molecule has 2 unspecified atom stereocenters. The van der Waals surface area contributed by atoms with Gasteiger partial charge in [-0.2, -0.15) is 0 Å². The Morgan fingerprint density at radius 2 is 2.10 bits per heavy atom. The van der Waals surface area contributed by atoms with Gasteiger partial charge in [0.15, 0.2) is 0 Å². The second-order valence-electron chi connectivity index (χ2n) is 6.54. The van der Waals surface area contributed by atoms with Gasteiger partial charge in [-0.1, -0.05) is 31.1 Å². The van der Waals surface area contributed by atoms with E-state index in [0.717, 1.165) is 29.6 Å². The Labute approximate surface area is 128 Å². The Hall–Kier alpha value is -1.14. The van der Waals surface area contributed by atoms with Crippen LogP contribution in [-0.2, 0) is 0 Å². The molecule has 6 heteroatoms. The molecule has 0 radical (unpaired) electrons. The summed E-state index contributed by atoms with van der Waals surface area (Å²) in [5.74, 6) is 0.955. The molecule has 21 heavy (non-hydrogen) atoms. The predicted molar refractivity (Wildman–Crippen MR) is 84.1 cm³/mol. The normalized spacial score (nSPS) is 27.8. The minimum Gasteiger partial charge on any atom is -0.393 e. The number of anilines is 1. The molecule has 0 amide bonds. The van der Waals surface area contributed by atoms with Gasteiger partial charge >= 0.3 is 0 Å². The third-order valence-corrected chi connectivity index (χ3v) is 5.94. The summed E-state index contributed by atoms with van der Waals surface area (Å²) < 4.78 is 1.95. The van der Waals surface area contributed by atoms with E-state index in [9.17, 15) is 5.11 Å². The first-order valence-electron chi connectivity index (χ1n) is 8.00. The summed E-state index contributed by atoms with van der Waals surface area (Å²) >= 11 is 1.67. The van der Waals surface area contributed by atoms with Crippen molar-refractivity contribution in [2.24, 2.45) is 5.92 Å². The van der Waals surface area contributed by atoms with Crippen LogP contribution in [0.2, 0.25) is 0 Å². The fourth-order valence-corrected chi connectivity index (χ4v) is 4.48. The fourth-order valence-electron chi connectivity index (χ4n) is 3.56. The molecule has 2 aliphatic rings. The first-order chi connectivity index (χ1) is 10.2. The van der Waals surface area contributed by atoms with Gasteiger partial charge in [-0.05, 0) is 25.2 Å². The lowest BCUT2D eigenvalue weighted by molar-refractivity contribution is 0.0970. The van der Waals surface area contributed by atoms with Crippen LogP contribution in [0.5, 0.6) is 0 Å². The van der Waals surface area contributed by atoms with E-state index >= 15 is 0 Å². The van der Waals surface area contributed by atoms with E-state index in [1.165, 1.54) is 31.4 Å². The van der Waals surface area contributed by atoms with Gasteiger partial charge in [-0.25, -0.2) is 9.50 Å². The van der Waals surface area contributed by atoms with Crippen molar-refractivity contribution in [1.82, 2.24) is 14.6 Å². The molecule has 1 aliphatic heterocycles. The lowest BCUT2D eigenvalue weighted by Crippen LogP contribution is -2.41. The summed E-state index contributed by atoms with van der Waals surface area (Å²) in [5, 5.41) is 15.6. The number of piperidine rings is 1. The minimum absolute atomic E-state index is 0.167. The number of aliphatic hydroxyl groups excluding tert-OH is 1. The van der Waals surface area contributed by atoms with Gasteiger partial charge in [-0.3, -0.25) is 0 Å². The highest BCUT2D eigenvalue weighted by Crippen LogP contribution is 2.35. The average molecular weight is 306 g/mol. The van der Waals surface area contributed by atoms with Crippen LogP contribution in [-0.4, -0.2) is 38.9 Å². The molecule has 0 spiro atoms. The molecule has 2 atom stereocenters. The Morgan fingerprint density at radius 3 is 2.81 bits per heavy atom. The summed E-state index contributed by atoms with van der Waals surface area (Å²) in [6, 6.07) is 0. The second kappa shape index (κ2) is 5.25. The van der Waals surface area contributed by atoms with Crippen molar-refractivity contribution in [2.75, 3.05) is 18.0 Å². The lowest BCUT2D eigenvalue weighted by Gasteiger charge is -2.33. The molecule has 1 saturated heterocycles. The number of aliphatic hydroxyl groups is 1. The molecular formula is C15H22N4OS. The van der Waals surface area contributed by atoms with Crippen molar-refractivity contribution in [3.8, 4) is 0 Å². The van der Waals surface area contributed by atoms with Crippen LogP contribution in [0.25, 0.3) is 4.96 Å². The first kappa shape index (κ1) is 13.5. The molecule has 2 aromatic heterocycles. The number of aromatic nitrogens is 3. The fraction of sp³-hybridized carbons (Fsp3) is 0.733. The van der Waals surface area contributed by atoms with Crippen LogP contribution in [0.1, 0.15) is 50.6 Å². The SMILES string of the molecule is CC1CN(c2nn3cc(C4CCCC4)nc3s2)CCC1O. The van der Waals surface area contributed by atoms with E-state index in [1.807, 2.05) is 4.52 Å². The van der Waals surface area contributed by atoms with Gasteiger partial charge in [0.25, 0.3) is 0 Å². The molecule has 4 rings (SSSR count). The molecule has 114 valence electrons. The quantitative estimate of drug-likeness (QED) is 0.927. The van der Waals surface area contributed by atoms with Gasteiger partial charge in [0.05, 0.1) is 18.0 Å². The summed E-state index contributed by atoms with van der Waals surface area (Å²) in [7, 11) is 0. The van der Waals surface area contributed by atoms with Crippen molar-refractivity contribution < 1.29 is 5.11 Å². The molecule has 3 heterocycles. The molecule has 0 aromatic carbocycles. The van der Waals surface area contributed by atoms with Crippen molar-refractivity contribution >= 4 is 21.4 Å². The van der Waals surface area contributed by atoms with E-state index in [4.69, 9.17) is 10.1 Å². The summed E-state index contributed by atoms with van der Waals surface area (Å²) in [5.41, 5.74) is 1.22. The van der Waals surface area contributed by atoms with E-state index in [2.05, 4.69) is 18.0 Å². The Balaban J connectivity index is 1.55. The smallest absolute Gasteiger partial charge is 0.214 e. The molecule has 2 aromatic rings. The van der Waals surface area contributed by atoms with Crippen molar-refractivity contribution in [1.29, 1.82) is 0 Å². The highest BCUT2D eigenvalue weighted by Gasteiger charge is 2.27. The Kier molecular flexibility index (Phi) is 3.38. The molecule has 5 nitrogen and oxygen atoms in total. The van der Waals surface area contributed by atoms with E-state index in [0.29, 0.717) is 11.8 Å². The first-order valence-corrected chi connectivity index (χ1v) is 8.81. The molecule has 1 aliphatic carbocycles. The number of hydrogen-bond donors (Lipinski definition) is 1. The topological polar surface area (TPSA) is 53.7 Å². The van der Waals surface area contributed by atoms with Crippen LogP contribution < -0.4 is 4.90 Å². The van der Waals surface area contributed by atoms with Crippen molar-refractivity contribution in [2.45, 2.75) is 51.0 Å². The van der Waals surface area contributed by atoms with E-state index in [1.54, 1.807) is 11.3 Å². The Morgan fingerprint density at radius 1 is 1.29 bits per heavy atom. The van der Waals surface area contributed by atoms with Crippen LogP contribution in [0.4, 0.5) is 5.13 Å². The monoisotopic (exact) mass is 306 g/mol. The summed E-state index contributed by atoms with van der Waals surface area (Å²) in [6.07, 6.45) is 8.01. The molecular weight excluding hydrogens is 284 g/mol. The second-order valence-corrected chi connectivity index (χ2v) is 7.47. The van der Waals surface area contributed by atoms with Crippen LogP contribution >= 0.6 is 11.3 Å². The third kappa shape index (κ3) is 2.44. The predicted octanol–water partition coefficient (Wildman–Crippen LogP) is 2.66. The number of fused-ring (bicyclic) bond motifs is 1. The van der Waals surface area contributed by atoms with Crippen molar-refractivity contribution in [3.63, 3.8) is 0 Å². The number of nitrogens with zero attached hydrogens (tertiary/aromatic N) is 4. The highest BCUT2D eigenvalue weighted by atomic mass is 32.1. The van der Waals surface area contributed by atoms with Gasteiger partial charge < -0.3 is 10.0 Å². The van der Waals surface area contributed by atoms with Gasteiger partial charge in [0.1, 0.15) is 0 Å². The summed E-state index contributed by atoms with van der Waals surface area (Å²) in [6.45, 7) is 3.87. The maximum Gasteiger partial charge on any atom is 0.214 e. The largest absolute Gasteiger partial charge is 0.393 e. The van der Waals surface area contributed by atoms with Crippen LogP contribution in [0.3, 0.4) is 0 Å². The van der Waals surface area contributed by atoms with Crippen LogP contribution in [0, 0.1) is 5.92 Å². The number of hydrogen-bond acceptors (Lipinski definition) is 5. The standard InChI is InChI=1S/C15H22N4OS/c1-10-8-18(7-6-13(10)20)15-17-19-9-12(16-14(19)21-15)11-4-2-3-5-11/h9-11,13,20H,2-8H2,1H3. The maximum atomic E-state index is 9.84. The average Bonchev–Trinajstić information content (AvgIpc) is 3.14. The van der Waals surface area contributed by atoms with Crippen LogP contribution in [0.15, 0.2) is 6.20 Å². The number of imidazole rings is 1. The zero-order valence-corrected chi connectivity index (χ0v) is 13.2. The van der Waals surface area contributed by atoms with E-state index in [-0.39, 0.29) is 6.10 Å². The number of rotatable bonds is 2. The van der Waals surface area contributed by atoms with Gasteiger partial charge in [0.2, 0.25) is 10.1 Å². The van der Waals surface area contributed by atoms with Gasteiger partial charge in [0, 0.05) is 19.0 Å². The Bertz CT molecular complexity index is 599. The maximum absolute atomic E-state index is 9.84. The zero-order valence-electron chi connectivity index (χ0n) is 12.4. The molecule has 1 N–H and O–H groups in total. The lowest BCUT2D eigenvalue weighted by atomic mass is 9.97. The van der Waals surface area contributed by atoms with Gasteiger partial charge in [-0.15, -0.1) is 5.10 Å². The summed E-state index contributed by atoms with van der Waals surface area (Å²) in [4.78, 5) is 8.08. The van der Waals surface area contributed by atoms with Crippen molar-refractivity contribution in [3.05, 3.63) is 11.9 Å². The molecule has 1 saturated carbocycles.